The number of carbonyl (C=O) groups is 3. The molecule has 1 unspecified atom stereocenters. The van der Waals surface area contributed by atoms with Crippen LogP contribution in [0.2, 0.25) is 0 Å². The molecule has 2 fully saturated rings. The third-order valence-corrected chi connectivity index (χ3v) is 4.07. The largest absolute Gasteiger partial charge is 0.439 e. The van der Waals surface area contributed by atoms with E-state index in [2.05, 4.69) is 0 Å². The molecule has 0 radical (unpaired) electrons. The fourth-order valence-corrected chi connectivity index (χ4v) is 3.13. The maximum Gasteiger partial charge on any atom is 0.417 e. The summed E-state index contributed by atoms with van der Waals surface area (Å²) in [6.45, 7) is 4.62. The zero-order valence-corrected chi connectivity index (χ0v) is 12.7. The minimum atomic E-state index is -0.601. The standard InChI is InChI=1S/C16H18N2O4/c1-10-5-11(2)7-12(6-10)15(20)17-4-3-13(8-17)18-14(19)9-22-16(18)21/h5-7,13H,3-4,8-9H2,1-2H3. The van der Waals surface area contributed by atoms with Crippen molar-refractivity contribution in [2.75, 3.05) is 19.7 Å². The molecule has 0 saturated carbocycles. The normalized spacial score (nSPS) is 21.5. The first-order valence-electron chi connectivity index (χ1n) is 7.32. The van der Waals surface area contributed by atoms with Crippen molar-refractivity contribution in [2.24, 2.45) is 0 Å². The number of cyclic esters (lactones) is 1. The Morgan fingerprint density at radius 2 is 1.86 bits per heavy atom. The number of hydrogen-bond donors (Lipinski definition) is 0. The van der Waals surface area contributed by atoms with Gasteiger partial charge in [-0.05, 0) is 32.4 Å². The van der Waals surface area contributed by atoms with Gasteiger partial charge in [0.25, 0.3) is 11.8 Å². The molecule has 0 spiro atoms. The van der Waals surface area contributed by atoms with Gasteiger partial charge in [0, 0.05) is 18.7 Å². The minimum Gasteiger partial charge on any atom is -0.439 e. The van der Waals surface area contributed by atoms with Crippen molar-refractivity contribution in [3.8, 4) is 0 Å². The summed E-state index contributed by atoms with van der Waals surface area (Å²) in [5.74, 6) is -0.384. The fourth-order valence-electron chi connectivity index (χ4n) is 3.13. The zero-order valence-electron chi connectivity index (χ0n) is 12.7. The Kier molecular flexibility index (Phi) is 3.60. The van der Waals surface area contributed by atoms with Crippen LogP contribution in [-0.2, 0) is 9.53 Å². The molecule has 2 saturated heterocycles. The number of hydrogen-bond acceptors (Lipinski definition) is 4. The number of aryl methyl sites for hydroxylation is 2. The number of carbonyl (C=O) groups excluding carboxylic acids is 3. The number of likely N-dealkylation sites (tertiary alicyclic amines) is 1. The van der Waals surface area contributed by atoms with Gasteiger partial charge in [0.2, 0.25) is 0 Å². The monoisotopic (exact) mass is 302 g/mol. The average molecular weight is 302 g/mol. The van der Waals surface area contributed by atoms with Crippen molar-refractivity contribution in [3.63, 3.8) is 0 Å². The van der Waals surface area contributed by atoms with Crippen LogP contribution in [0.25, 0.3) is 0 Å². The summed E-state index contributed by atoms with van der Waals surface area (Å²) in [5.41, 5.74) is 2.73. The molecule has 22 heavy (non-hydrogen) atoms. The first-order valence-corrected chi connectivity index (χ1v) is 7.32. The number of nitrogens with zero attached hydrogens (tertiary/aromatic N) is 2. The second-order valence-electron chi connectivity index (χ2n) is 5.89. The van der Waals surface area contributed by atoms with Crippen LogP contribution in [0.1, 0.15) is 27.9 Å². The molecule has 3 amide bonds. The van der Waals surface area contributed by atoms with E-state index in [4.69, 9.17) is 4.74 Å². The molecule has 0 aliphatic carbocycles. The molecular formula is C16H18N2O4. The molecule has 1 atom stereocenters. The van der Waals surface area contributed by atoms with E-state index in [1.807, 2.05) is 32.0 Å². The van der Waals surface area contributed by atoms with E-state index in [1.54, 1.807) is 4.90 Å². The predicted molar refractivity (Wildman–Crippen MR) is 78.4 cm³/mol. The summed E-state index contributed by atoms with van der Waals surface area (Å²) < 4.78 is 4.74. The molecule has 1 aromatic rings. The van der Waals surface area contributed by atoms with E-state index in [0.717, 1.165) is 16.0 Å². The van der Waals surface area contributed by atoms with Gasteiger partial charge in [-0.2, -0.15) is 0 Å². The number of imide groups is 1. The van der Waals surface area contributed by atoms with Gasteiger partial charge in [0.05, 0.1) is 6.04 Å². The van der Waals surface area contributed by atoms with Gasteiger partial charge in [-0.15, -0.1) is 0 Å². The number of amides is 3. The maximum absolute atomic E-state index is 12.6. The Balaban J connectivity index is 1.73. The highest BCUT2D eigenvalue weighted by molar-refractivity contribution is 5.99. The molecule has 6 nitrogen and oxygen atoms in total. The summed E-state index contributed by atoms with van der Waals surface area (Å²) in [5, 5.41) is 0. The van der Waals surface area contributed by atoms with Gasteiger partial charge in [-0.25, -0.2) is 9.69 Å². The second kappa shape index (κ2) is 5.44. The van der Waals surface area contributed by atoms with Gasteiger partial charge in [0.15, 0.2) is 6.61 Å². The predicted octanol–water partition coefficient (Wildman–Crippen LogP) is 1.50. The summed E-state index contributed by atoms with van der Waals surface area (Å²) in [4.78, 5) is 38.7. The maximum atomic E-state index is 12.6. The number of rotatable bonds is 2. The van der Waals surface area contributed by atoms with Crippen molar-refractivity contribution in [1.82, 2.24) is 9.80 Å². The van der Waals surface area contributed by atoms with E-state index in [9.17, 15) is 14.4 Å². The number of benzene rings is 1. The van der Waals surface area contributed by atoms with Gasteiger partial charge in [-0.1, -0.05) is 17.2 Å². The zero-order chi connectivity index (χ0) is 15.9. The molecule has 6 heteroatoms. The van der Waals surface area contributed by atoms with Crippen LogP contribution in [0.5, 0.6) is 0 Å². The summed E-state index contributed by atoms with van der Waals surface area (Å²) in [6, 6.07) is 5.45. The molecule has 2 aliphatic rings. The lowest BCUT2D eigenvalue weighted by Gasteiger charge is -2.20. The molecule has 0 N–H and O–H groups in total. The van der Waals surface area contributed by atoms with E-state index < -0.39 is 6.09 Å². The van der Waals surface area contributed by atoms with Crippen LogP contribution in [-0.4, -0.2) is 53.4 Å². The van der Waals surface area contributed by atoms with Crippen LogP contribution in [0, 0.1) is 13.8 Å². The third-order valence-electron chi connectivity index (χ3n) is 4.07. The van der Waals surface area contributed by atoms with Crippen LogP contribution in [0.4, 0.5) is 4.79 Å². The minimum absolute atomic E-state index is 0.0608. The van der Waals surface area contributed by atoms with Gasteiger partial charge < -0.3 is 9.64 Å². The molecule has 116 valence electrons. The van der Waals surface area contributed by atoms with E-state index in [0.29, 0.717) is 25.1 Å². The highest BCUT2D eigenvalue weighted by Crippen LogP contribution is 2.22. The highest BCUT2D eigenvalue weighted by atomic mass is 16.6. The van der Waals surface area contributed by atoms with Crippen LogP contribution in [0.15, 0.2) is 18.2 Å². The van der Waals surface area contributed by atoms with Crippen molar-refractivity contribution < 1.29 is 19.1 Å². The van der Waals surface area contributed by atoms with Crippen molar-refractivity contribution in [2.45, 2.75) is 26.3 Å². The molecule has 2 heterocycles. The van der Waals surface area contributed by atoms with Crippen LogP contribution in [0.3, 0.4) is 0 Å². The lowest BCUT2D eigenvalue weighted by Crippen LogP contribution is -2.42. The molecule has 1 aromatic carbocycles. The lowest BCUT2D eigenvalue weighted by molar-refractivity contribution is -0.127. The summed E-state index contributed by atoms with van der Waals surface area (Å²) in [7, 11) is 0. The van der Waals surface area contributed by atoms with Crippen molar-refractivity contribution in [1.29, 1.82) is 0 Å². The van der Waals surface area contributed by atoms with Gasteiger partial charge >= 0.3 is 6.09 Å². The SMILES string of the molecule is Cc1cc(C)cc(C(=O)N2CCC(N3C(=O)COC3=O)C2)c1. The third kappa shape index (κ3) is 2.56. The van der Waals surface area contributed by atoms with Gasteiger partial charge in [0.1, 0.15) is 0 Å². The molecule has 0 bridgehead atoms. The highest BCUT2D eigenvalue weighted by Gasteiger charge is 2.41. The Morgan fingerprint density at radius 1 is 1.18 bits per heavy atom. The molecular weight excluding hydrogens is 284 g/mol. The quantitative estimate of drug-likeness (QED) is 0.830. The Labute approximate surface area is 128 Å². The summed E-state index contributed by atoms with van der Waals surface area (Å²) in [6.07, 6.45) is -0.00658. The van der Waals surface area contributed by atoms with E-state index >= 15 is 0 Å². The number of ether oxygens (including phenoxy) is 1. The fraction of sp³-hybridized carbons (Fsp3) is 0.438. The Hall–Kier alpha value is -2.37. The van der Waals surface area contributed by atoms with E-state index in [-0.39, 0.29) is 24.5 Å². The first kappa shape index (κ1) is 14.6. The Morgan fingerprint density at radius 3 is 2.45 bits per heavy atom. The lowest BCUT2D eigenvalue weighted by atomic mass is 10.1. The van der Waals surface area contributed by atoms with Gasteiger partial charge in [-0.3, -0.25) is 9.59 Å². The van der Waals surface area contributed by atoms with E-state index in [1.165, 1.54) is 0 Å². The molecule has 3 rings (SSSR count). The van der Waals surface area contributed by atoms with Crippen molar-refractivity contribution >= 4 is 17.9 Å². The smallest absolute Gasteiger partial charge is 0.417 e. The topological polar surface area (TPSA) is 66.9 Å². The average Bonchev–Trinajstić information content (AvgIpc) is 3.04. The molecule has 2 aliphatic heterocycles. The van der Waals surface area contributed by atoms with Crippen LogP contribution < -0.4 is 0 Å². The summed E-state index contributed by atoms with van der Waals surface area (Å²) >= 11 is 0. The molecule has 0 aromatic heterocycles. The van der Waals surface area contributed by atoms with Crippen molar-refractivity contribution in [3.05, 3.63) is 34.9 Å². The second-order valence-corrected chi connectivity index (χ2v) is 5.89. The Bertz CT molecular complexity index is 619. The first-order chi connectivity index (χ1) is 10.5. The van der Waals surface area contributed by atoms with Crippen LogP contribution >= 0.6 is 0 Å².